The summed E-state index contributed by atoms with van der Waals surface area (Å²) in [5, 5.41) is 7.99. The van der Waals surface area contributed by atoms with Gasteiger partial charge in [-0.25, -0.2) is 8.42 Å². The summed E-state index contributed by atoms with van der Waals surface area (Å²) in [6, 6.07) is 6.81. The molecule has 0 saturated heterocycles. The molecule has 0 radical (unpaired) electrons. The topological polar surface area (TPSA) is 76.9 Å². The average Bonchev–Trinajstić information content (AvgIpc) is 2.92. The van der Waals surface area contributed by atoms with E-state index in [-0.39, 0.29) is 11.7 Å². The Morgan fingerprint density at radius 3 is 2.40 bits per heavy atom. The van der Waals surface area contributed by atoms with Gasteiger partial charge in [-0.05, 0) is 30.2 Å². The van der Waals surface area contributed by atoms with E-state index in [0.717, 1.165) is 5.69 Å². The van der Waals surface area contributed by atoms with Crippen LogP contribution in [0.5, 0.6) is 0 Å². The van der Waals surface area contributed by atoms with E-state index < -0.39 is 10.0 Å². The van der Waals surface area contributed by atoms with Crippen LogP contribution in [0.2, 0.25) is 0 Å². The Kier molecular flexibility index (Phi) is 4.61. The fourth-order valence-corrected chi connectivity index (χ4v) is 3.34. The van der Waals surface area contributed by atoms with Gasteiger partial charge in [-0.2, -0.15) is 15.0 Å². The van der Waals surface area contributed by atoms with E-state index in [1.54, 1.807) is 43.6 Å². The van der Waals surface area contributed by atoms with Crippen molar-refractivity contribution in [3.05, 3.63) is 36.7 Å². The zero-order valence-electron chi connectivity index (χ0n) is 10.9. The molecular formula is C12H15ClN4O2S. The maximum atomic E-state index is 11.9. The second-order valence-corrected chi connectivity index (χ2v) is 6.58. The summed E-state index contributed by atoms with van der Waals surface area (Å²) < 4.78 is 26.3. The molecule has 0 saturated carbocycles. The number of sulfonamides is 1. The fraction of sp³-hybridized carbons (Fsp3) is 0.333. The van der Waals surface area contributed by atoms with Crippen LogP contribution in [-0.2, 0) is 10.0 Å². The summed E-state index contributed by atoms with van der Waals surface area (Å²) in [6.07, 6.45) is 3.15. The molecule has 1 atom stereocenters. The molecule has 2 rings (SSSR count). The Bertz CT molecular complexity index is 641. The number of anilines is 1. The lowest BCUT2D eigenvalue weighted by Crippen LogP contribution is -2.22. The molecule has 20 heavy (non-hydrogen) atoms. The summed E-state index contributed by atoms with van der Waals surface area (Å²) in [5.74, 6) is 0.214. The molecule has 0 spiro atoms. The molecule has 0 aliphatic rings. The molecule has 1 unspecified atom stereocenters. The minimum atomic E-state index is -3.39. The van der Waals surface area contributed by atoms with Crippen LogP contribution in [0.3, 0.4) is 0 Å². The van der Waals surface area contributed by atoms with E-state index in [1.165, 1.54) is 4.80 Å². The minimum Gasteiger partial charge on any atom is -0.284 e. The zero-order chi connectivity index (χ0) is 14.6. The smallest absolute Gasteiger partial charge is 0.233 e. The molecule has 1 aromatic carbocycles. The van der Waals surface area contributed by atoms with E-state index in [4.69, 9.17) is 11.6 Å². The largest absolute Gasteiger partial charge is 0.284 e. The summed E-state index contributed by atoms with van der Waals surface area (Å²) in [4.78, 5) is 1.45. The van der Waals surface area contributed by atoms with Gasteiger partial charge in [0.05, 0.1) is 23.8 Å². The highest BCUT2D eigenvalue weighted by Crippen LogP contribution is 2.14. The first-order chi connectivity index (χ1) is 9.50. The molecule has 0 aliphatic heterocycles. The Hall–Kier alpha value is -1.60. The standard InChI is InChI=1S/C12H15ClN4O2S/c1-10(8-13)9-20(18,19)16-11-2-4-12(5-3-11)17-14-6-7-15-17/h2-7,10,16H,8-9H2,1H3. The third kappa shape index (κ3) is 3.94. The molecule has 1 heterocycles. The van der Waals surface area contributed by atoms with Crippen molar-refractivity contribution < 1.29 is 8.42 Å². The van der Waals surface area contributed by atoms with Crippen molar-refractivity contribution in [1.82, 2.24) is 15.0 Å². The Balaban J connectivity index is 2.07. The zero-order valence-corrected chi connectivity index (χ0v) is 12.5. The van der Waals surface area contributed by atoms with Gasteiger partial charge in [0.15, 0.2) is 0 Å². The van der Waals surface area contributed by atoms with Gasteiger partial charge in [-0.1, -0.05) is 6.92 Å². The summed E-state index contributed by atoms with van der Waals surface area (Å²) in [5.41, 5.74) is 1.26. The Labute approximate surface area is 122 Å². The van der Waals surface area contributed by atoms with Crippen molar-refractivity contribution in [3.63, 3.8) is 0 Å². The van der Waals surface area contributed by atoms with Gasteiger partial charge in [-0.15, -0.1) is 11.6 Å². The first kappa shape index (κ1) is 14.8. The van der Waals surface area contributed by atoms with Gasteiger partial charge in [0, 0.05) is 11.6 Å². The van der Waals surface area contributed by atoms with Crippen LogP contribution < -0.4 is 4.72 Å². The number of aromatic nitrogens is 3. The van der Waals surface area contributed by atoms with Gasteiger partial charge in [0.2, 0.25) is 10.0 Å². The van der Waals surface area contributed by atoms with Crippen LogP contribution in [0.15, 0.2) is 36.7 Å². The fourth-order valence-electron chi connectivity index (χ4n) is 1.65. The SMILES string of the molecule is CC(CCl)CS(=O)(=O)Nc1ccc(-n2nccn2)cc1. The van der Waals surface area contributed by atoms with Crippen molar-refractivity contribution in [2.45, 2.75) is 6.92 Å². The molecule has 8 heteroatoms. The lowest BCUT2D eigenvalue weighted by atomic mass is 10.3. The molecule has 1 aromatic heterocycles. The van der Waals surface area contributed by atoms with Crippen molar-refractivity contribution in [1.29, 1.82) is 0 Å². The molecule has 1 N–H and O–H groups in total. The molecule has 2 aromatic rings. The third-order valence-electron chi connectivity index (χ3n) is 2.56. The van der Waals surface area contributed by atoms with Crippen molar-refractivity contribution in [2.75, 3.05) is 16.4 Å². The Morgan fingerprint density at radius 1 is 1.25 bits per heavy atom. The first-order valence-corrected chi connectivity index (χ1v) is 8.22. The van der Waals surface area contributed by atoms with E-state index in [9.17, 15) is 8.42 Å². The number of halogens is 1. The van der Waals surface area contributed by atoms with Crippen molar-refractivity contribution >= 4 is 27.3 Å². The lowest BCUT2D eigenvalue weighted by molar-refractivity contribution is 0.588. The highest BCUT2D eigenvalue weighted by molar-refractivity contribution is 7.92. The molecular weight excluding hydrogens is 300 g/mol. The van der Waals surface area contributed by atoms with E-state index >= 15 is 0 Å². The maximum absolute atomic E-state index is 11.9. The maximum Gasteiger partial charge on any atom is 0.233 e. The van der Waals surface area contributed by atoms with Gasteiger partial charge in [0.1, 0.15) is 0 Å². The quantitative estimate of drug-likeness (QED) is 0.826. The Morgan fingerprint density at radius 2 is 1.85 bits per heavy atom. The first-order valence-electron chi connectivity index (χ1n) is 6.03. The molecule has 6 nitrogen and oxygen atoms in total. The molecule has 108 valence electrons. The number of benzene rings is 1. The van der Waals surface area contributed by atoms with Gasteiger partial charge < -0.3 is 0 Å². The number of nitrogens with zero attached hydrogens (tertiary/aromatic N) is 3. The van der Waals surface area contributed by atoms with E-state index in [0.29, 0.717) is 11.6 Å². The lowest BCUT2D eigenvalue weighted by Gasteiger charge is -2.11. The number of alkyl halides is 1. The highest BCUT2D eigenvalue weighted by atomic mass is 35.5. The minimum absolute atomic E-state index is 0.00103. The third-order valence-corrected chi connectivity index (χ3v) is 4.64. The number of hydrogen-bond donors (Lipinski definition) is 1. The van der Waals surface area contributed by atoms with Gasteiger partial charge >= 0.3 is 0 Å². The van der Waals surface area contributed by atoms with Crippen LogP contribution in [0, 0.1) is 5.92 Å². The summed E-state index contributed by atoms with van der Waals surface area (Å²) >= 11 is 5.63. The molecule has 0 amide bonds. The van der Waals surface area contributed by atoms with Crippen LogP contribution >= 0.6 is 11.6 Å². The summed E-state index contributed by atoms with van der Waals surface area (Å²) in [6.45, 7) is 1.79. The van der Waals surface area contributed by atoms with Crippen molar-refractivity contribution in [2.24, 2.45) is 5.92 Å². The monoisotopic (exact) mass is 314 g/mol. The van der Waals surface area contributed by atoms with Crippen molar-refractivity contribution in [3.8, 4) is 5.69 Å². The predicted octanol–water partition coefficient (Wildman–Crippen LogP) is 1.88. The van der Waals surface area contributed by atoms with Crippen LogP contribution in [-0.4, -0.2) is 35.0 Å². The van der Waals surface area contributed by atoms with Crippen LogP contribution in [0.25, 0.3) is 5.69 Å². The normalized spacial score (nSPS) is 13.1. The number of hydrogen-bond acceptors (Lipinski definition) is 4. The average molecular weight is 315 g/mol. The number of rotatable bonds is 6. The van der Waals surface area contributed by atoms with E-state index in [2.05, 4.69) is 14.9 Å². The van der Waals surface area contributed by atoms with E-state index in [1.807, 2.05) is 0 Å². The summed E-state index contributed by atoms with van der Waals surface area (Å²) in [7, 11) is -3.39. The second-order valence-electron chi connectivity index (χ2n) is 4.51. The number of nitrogens with one attached hydrogen (secondary N) is 1. The molecule has 0 fully saturated rings. The predicted molar refractivity (Wildman–Crippen MR) is 78.7 cm³/mol. The highest BCUT2D eigenvalue weighted by Gasteiger charge is 2.15. The van der Waals surface area contributed by atoms with Gasteiger partial charge in [-0.3, -0.25) is 4.72 Å². The second kappa shape index (κ2) is 6.23. The molecule has 0 aliphatic carbocycles. The van der Waals surface area contributed by atoms with Crippen LogP contribution in [0.4, 0.5) is 5.69 Å². The van der Waals surface area contributed by atoms with Crippen LogP contribution in [0.1, 0.15) is 6.92 Å². The molecule has 0 bridgehead atoms. The van der Waals surface area contributed by atoms with Gasteiger partial charge in [0.25, 0.3) is 0 Å².